The Hall–Kier alpha value is -3.66. The quantitative estimate of drug-likeness (QED) is 0.334. The lowest BCUT2D eigenvalue weighted by Crippen LogP contribution is -2.27. The van der Waals surface area contributed by atoms with Gasteiger partial charge in [0, 0.05) is 21.8 Å². The number of carbonyl (C=O) groups excluding carboxylic acids is 3. The molecule has 38 heavy (non-hydrogen) atoms. The molecule has 2 aliphatic heterocycles. The zero-order valence-corrected chi connectivity index (χ0v) is 22.3. The summed E-state index contributed by atoms with van der Waals surface area (Å²) < 4.78 is 16.2. The molecular formula is C27H20Cl2N2O6S. The molecule has 2 aliphatic rings. The Kier molecular flexibility index (Phi) is 7.51. The fourth-order valence-corrected chi connectivity index (χ4v) is 4.95. The molecule has 3 aromatic rings. The third kappa shape index (κ3) is 5.75. The second-order valence-corrected chi connectivity index (χ2v) is 10.2. The third-order valence-electron chi connectivity index (χ3n) is 5.75. The molecule has 8 nitrogen and oxygen atoms in total. The number of halogens is 2. The van der Waals surface area contributed by atoms with Crippen LogP contribution in [0.5, 0.6) is 17.2 Å². The molecule has 0 bridgehead atoms. The molecule has 5 rings (SSSR count). The van der Waals surface area contributed by atoms with Crippen LogP contribution in [-0.2, 0) is 16.1 Å². The first kappa shape index (κ1) is 26.0. The van der Waals surface area contributed by atoms with E-state index in [0.29, 0.717) is 44.1 Å². The minimum absolute atomic E-state index is 0.0150. The second-order valence-electron chi connectivity index (χ2n) is 8.43. The molecule has 1 N–H and O–H groups in total. The summed E-state index contributed by atoms with van der Waals surface area (Å²) in [5.41, 5.74) is 2.78. The van der Waals surface area contributed by atoms with Gasteiger partial charge in [-0.15, -0.1) is 0 Å². The van der Waals surface area contributed by atoms with E-state index in [1.54, 1.807) is 54.6 Å². The van der Waals surface area contributed by atoms with E-state index >= 15 is 0 Å². The second kappa shape index (κ2) is 11.0. The van der Waals surface area contributed by atoms with Gasteiger partial charge in [-0.25, -0.2) is 0 Å². The van der Waals surface area contributed by atoms with Crippen molar-refractivity contribution in [2.45, 2.75) is 13.5 Å². The van der Waals surface area contributed by atoms with Gasteiger partial charge >= 0.3 is 0 Å². The fraction of sp³-hybridized carbons (Fsp3) is 0.148. The number of fused-ring (bicyclic) bond motifs is 1. The van der Waals surface area contributed by atoms with Crippen LogP contribution in [0.4, 0.5) is 10.5 Å². The number of aryl methyl sites for hydroxylation is 1. The maximum Gasteiger partial charge on any atom is 0.293 e. The zero-order valence-electron chi connectivity index (χ0n) is 20.0. The summed E-state index contributed by atoms with van der Waals surface area (Å²) >= 11 is 13.3. The topological polar surface area (TPSA) is 94.2 Å². The minimum atomic E-state index is -0.415. The predicted molar refractivity (Wildman–Crippen MR) is 146 cm³/mol. The molecule has 0 saturated carbocycles. The largest absolute Gasteiger partial charge is 0.484 e. The SMILES string of the molecule is Cc1ccc(NC(=O)COc2ccc(/C=C3\SC(=O)N(Cc4cc5c(cc4Cl)OCO5)C3=O)cc2)cc1Cl. The molecule has 11 heteroatoms. The van der Waals surface area contributed by atoms with Gasteiger partial charge in [0.05, 0.1) is 11.4 Å². The van der Waals surface area contributed by atoms with Crippen LogP contribution in [0.3, 0.4) is 0 Å². The molecule has 0 spiro atoms. The Balaban J connectivity index is 1.19. The number of nitrogens with one attached hydrogen (secondary N) is 1. The van der Waals surface area contributed by atoms with Crippen molar-refractivity contribution in [3.8, 4) is 17.2 Å². The van der Waals surface area contributed by atoms with E-state index in [1.165, 1.54) is 0 Å². The minimum Gasteiger partial charge on any atom is -0.484 e. The Morgan fingerprint density at radius 3 is 2.53 bits per heavy atom. The first-order valence-corrected chi connectivity index (χ1v) is 13.0. The van der Waals surface area contributed by atoms with Gasteiger partial charge in [-0.3, -0.25) is 19.3 Å². The molecule has 3 amide bonds. The number of hydrogen-bond acceptors (Lipinski definition) is 7. The van der Waals surface area contributed by atoms with E-state index in [4.69, 9.17) is 37.4 Å². The van der Waals surface area contributed by atoms with Crippen LogP contribution in [0.1, 0.15) is 16.7 Å². The predicted octanol–water partition coefficient (Wildman–Crippen LogP) is 6.28. The summed E-state index contributed by atoms with van der Waals surface area (Å²) in [5.74, 6) is 0.778. The van der Waals surface area contributed by atoms with E-state index in [2.05, 4.69) is 5.32 Å². The van der Waals surface area contributed by atoms with Crippen LogP contribution in [0, 0.1) is 6.92 Å². The van der Waals surface area contributed by atoms with Crippen molar-refractivity contribution in [1.29, 1.82) is 0 Å². The maximum atomic E-state index is 12.9. The highest BCUT2D eigenvalue weighted by molar-refractivity contribution is 8.18. The van der Waals surface area contributed by atoms with Gasteiger partial charge in [0.25, 0.3) is 17.1 Å². The van der Waals surface area contributed by atoms with E-state index in [-0.39, 0.29) is 30.8 Å². The Morgan fingerprint density at radius 2 is 1.79 bits per heavy atom. The van der Waals surface area contributed by atoms with Crippen LogP contribution in [-0.4, -0.2) is 35.4 Å². The van der Waals surface area contributed by atoms with Crippen molar-refractivity contribution in [2.24, 2.45) is 0 Å². The number of hydrogen-bond donors (Lipinski definition) is 1. The highest BCUT2D eigenvalue weighted by Crippen LogP contribution is 2.39. The van der Waals surface area contributed by atoms with Crippen LogP contribution < -0.4 is 19.5 Å². The summed E-state index contributed by atoms with van der Waals surface area (Å²) in [4.78, 5) is 39.1. The lowest BCUT2D eigenvalue weighted by Gasteiger charge is -2.14. The summed E-state index contributed by atoms with van der Waals surface area (Å²) in [7, 11) is 0. The van der Waals surface area contributed by atoms with E-state index < -0.39 is 11.1 Å². The van der Waals surface area contributed by atoms with Crippen molar-refractivity contribution < 1.29 is 28.6 Å². The number of carbonyl (C=O) groups is 3. The standard InChI is InChI=1S/C27H20Cl2N2O6S/c1-15-2-5-18(10-20(15)28)30-25(32)13-35-19-6-3-16(4-7-19)8-24-26(33)31(27(34)38-24)12-17-9-22-23(11-21(17)29)37-14-36-22/h2-11H,12-14H2,1H3,(H,30,32)/b24-8-. The number of thioether (sulfide) groups is 1. The molecular weight excluding hydrogens is 551 g/mol. The van der Waals surface area contributed by atoms with Gasteiger partial charge in [0.1, 0.15) is 5.75 Å². The Bertz CT molecular complexity index is 1480. The smallest absolute Gasteiger partial charge is 0.293 e. The van der Waals surface area contributed by atoms with Gasteiger partial charge in [-0.1, -0.05) is 41.4 Å². The normalized spacial score (nSPS) is 15.3. The van der Waals surface area contributed by atoms with Crippen molar-refractivity contribution in [3.05, 3.63) is 86.2 Å². The maximum absolute atomic E-state index is 12.9. The van der Waals surface area contributed by atoms with Crippen molar-refractivity contribution in [2.75, 3.05) is 18.7 Å². The summed E-state index contributed by atoms with van der Waals surface area (Å²) in [6, 6.07) is 15.4. The molecule has 0 radical (unpaired) electrons. The van der Waals surface area contributed by atoms with Crippen molar-refractivity contribution >= 4 is 63.8 Å². The highest BCUT2D eigenvalue weighted by atomic mass is 35.5. The molecule has 0 atom stereocenters. The number of nitrogens with zero attached hydrogens (tertiary/aromatic N) is 1. The molecule has 3 aromatic carbocycles. The first-order valence-electron chi connectivity index (χ1n) is 11.4. The number of imide groups is 1. The first-order chi connectivity index (χ1) is 18.3. The van der Waals surface area contributed by atoms with E-state index in [1.807, 2.05) is 13.0 Å². The third-order valence-corrected chi connectivity index (χ3v) is 7.41. The summed E-state index contributed by atoms with van der Waals surface area (Å²) in [6.07, 6.45) is 1.63. The highest BCUT2D eigenvalue weighted by Gasteiger charge is 2.35. The average Bonchev–Trinajstić information content (AvgIpc) is 3.45. The summed E-state index contributed by atoms with van der Waals surface area (Å²) in [6.45, 7) is 1.80. The molecule has 0 aromatic heterocycles. The van der Waals surface area contributed by atoms with Crippen molar-refractivity contribution in [1.82, 2.24) is 4.90 Å². The van der Waals surface area contributed by atoms with Gasteiger partial charge < -0.3 is 19.5 Å². The zero-order chi connectivity index (χ0) is 26.8. The number of anilines is 1. The summed E-state index contributed by atoms with van der Waals surface area (Å²) in [5, 5.41) is 3.28. The van der Waals surface area contributed by atoms with Crippen molar-refractivity contribution in [3.63, 3.8) is 0 Å². The van der Waals surface area contributed by atoms with Gasteiger partial charge in [0.15, 0.2) is 18.1 Å². The van der Waals surface area contributed by atoms with Gasteiger partial charge in [-0.05, 0) is 71.8 Å². The monoisotopic (exact) mass is 570 g/mol. The molecule has 0 unspecified atom stereocenters. The van der Waals surface area contributed by atoms with E-state index in [0.717, 1.165) is 22.2 Å². The lowest BCUT2D eigenvalue weighted by molar-refractivity contribution is -0.123. The Morgan fingerprint density at radius 1 is 1.05 bits per heavy atom. The van der Waals surface area contributed by atoms with Crippen LogP contribution >= 0.6 is 35.0 Å². The van der Waals surface area contributed by atoms with Crippen LogP contribution in [0.25, 0.3) is 6.08 Å². The van der Waals surface area contributed by atoms with Gasteiger partial charge in [-0.2, -0.15) is 0 Å². The molecule has 1 saturated heterocycles. The number of rotatable bonds is 7. The molecule has 2 heterocycles. The number of benzene rings is 3. The average molecular weight is 571 g/mol. The van der Waals surface area contributed by atoms with Crippen LogP contribution in [0.2, 0.25) is 10.0 Å². The Labute approximate surface area is 232 Å². The van der Waals surface area contributed by atoms with Gasteiger partial charge in [0.2, 0.25) is 6.79 Å². The van der Waals surface area contributed by atoms with Crippen LogP contribution in [0.15, 0.2) is 59.5 Å². The lowest BCUT2D eigenvalue weighted by atomic mass is 10.1. The molecule has 194 valence electrons. The fourth-order valence-electron chi connectivity index (χ4n) is 3.72. The molecule has 1 fully saturated rings. The molecule has 0 aliphatic carbocycles. The van der Waals surface area contributed by atoms with E-state index in [9.17, 15) is 14.4 Å². The number of ether oxygens (including phenoxy) is 3. The number of amides is 3.